The molecule has 0 radical (unpaired) electrons. The van der Waals surface area contributed by atoms with E-state index in [-0.39, 0.29) is 23.0 Å². The molecule has 0 aromatic heterocycles. The maximum absolute atomic E-state index is 13.8. The Balaban J connectivity index is 2.29. The summed E-state index contributed by atoms with van der Waals surface area (Å²) in [6.45, 7) is 1.46. The van der Waals surface area contributed by atoms with Gasteiger partial charge >= 0.3 is 0 Å². The Hall–Kier alpha value is -1.42. The summed E-state index contributed by atoms with van der Waals surface area (Å²) < 4.78 is 18.7. The fourth-order valence-electron chi connectivity index (χ4n) is 1.96. The van der Waals surface area contributed by atoms with Gasteiger partial charge in [-0.1, -0.05) is 6.07 Å². The lowest BCUT2D eigenvalue weighted by atomic mass is 9.96. The van der Waals surface area contributed by atoms with Gasteiger partial charge in [-0.3, -0.25) is 4.79 Å². The van der Waals surface area contributed by atoms with Crippen molar-refractivity contribution < 1.29 is 13.9 Å². The van der Waals surface area contributed by atoms with Gasteiger partial charge in [-0.15, -0.1) is 0 Å². The Morgan fingerprint density at radius 1 is 1.56 bits per heavy atom. The molecule has 1 aromatic rings. The highest BCUT2D eigenvalue weighted by atomic mass is 19.1. The summed E-state index contributed by atoms with van der Waals surface area (Å²) in [5.74, 6) is -0.679. The van der Waals surface area contributed by atoms with Gasteiger partial charge in [0.2, 0.25) is 0 Å². The molecule has 1 aliphatic heterocycles. The van der Waals surface area contributed by atoms with Crippen LogP contribution in [0.4, 0.5) is 4.39 Å². The maximum Gasteiger partial charge on any atom is 0.175 e. The third kappa shape index (κ3) is 1.93. The van der Waals surface area contributed by atoms with Crippen molar-refractivity contribution >= 4 is 5.78 Å². The summed E-state index contributed by atoms with van der Waals surface area (Å²) >= 11 is 0. The van der Waals surface area contributed by atoms with E-state index in [1.165, 1.54) is 19.2 Å². The first-order chi connectivity index (χ1) is 7.74. The molecule has 1 aromatic carbocycles. The van der Waals surface area contributed by atoms with E-state index < -0.39 is 5.82 Å². The molecule has 1 fully saturated rings. The predicted octanol–water partition coefficient (Wildman–Crippen LogP) is 1.63. The SMILES string of the molecule is COc1cccc(C(=O)C2CCNC2)c1F. The highest BCUT2D eigenvalue weighted by Crippen LogP contribution is 2.24. The van der Waals surface area contributed by atoms with E-state index in [1.54, 1.807) is 6.07 Å². The van der Waals surface area contributed by atoms with E-state index >= 15 is 0 Å². The fourth-order valence-corrected chi connectivity index (χ4v) is 1.96. The van der Waals surface area contributed by atoms with E-state index in [0.717, 1.165) is 13.0 Å². The number of halogens is 1. The van der Waals surface area contributed by atoms with Crippen molar-refractivity contribution in [1.82, 2.24) is 5.32 Å². The first-order valence-electron chi connectivity index (χ1n) is 5.31. The number of rotatable bonds is 3. The van der Waals surface area contributed by atoms with Crippen molar-refractivity contribution in [3.8, 4) is 5.75 Å². The standard InChI is InChI=1S/C12H14FNO2/c1-16-10-4-2-3-9(11(10)13)12(15)8-5-6-14-7-8/h2-4,8,14H,5-7H2,1H3. The monoisotopic (exact) mass is 223 g/mol. The van der Waals surface area contributed by atoms with Crippen molar-refractivity contribution in [1.29, 1.82) is 0 Å². The summed E-state index contributed by atoms with van der Waals surface area (Å²) in [6.07, 6.45) is 0.773. The minimum atomic E-state index is -0.554. The fraction of sp³-hybridized carbons (Fsp3) is 0.417. The molecule has 0 saturated carbocycles. The molecular formula is C12H14FNO2. The third-order valence-corrected chi connectivity index (χ3v) is 2.88. The number of hydrogen-bond donors (Lipinski definition) is 1. The topological polar surface area (TPSA) is 38.3 Å². The van der Waals surface area contributed by atoms with Crippen LogP contribution in [0.1, 0.15) is 16.8 Å². The van der Waals surface area contributed by atoms with Crippen LogP contribution in [0.15, 0.2) is 18.2 Å². The van der Waals surface area contributed by atoms with Gasteiger partial charge in [0.15, 0.2) is 17.3 Å². The molecule has 3 nitrogen and oxygen atoms in total. The van der Waals surface area contributed by atoms with Gasteiger partial charge < -0.3 is 10.1 Å². The number of nitrogens with one attached hydrogen (secondary N) is 1. The minimum Gasteiger partial charge on any atom is -0.494 e. The predicted molar refractivity (Wildman–Crippen MR) is 58.3 cm³/mol. The lowest BCUT2D eigenvalue weighted by Crippen LogP contribution is -2.19. The van der Waals surface area contributed by atoms with Crippen LogP contribution in [-0.4, -0.2) is 26.0 Å². The quantitative estimate of drug-likeness (QED) is 0.791. The average Bonchev–Trinajstić information content (AvgIpc) is 2.82. The van der Waals surface area contributed by atoms with Crippen LogP contribution >= 0.6 is 0 Å². The van der Waals surface area contributed by atoms with E-state index in [4.69, 9.17) is 4.74 Å². The first kappa shape index (κ1) is 11.1. The van der Waals surface area contributed by atoms with Gasteiger partial charge in [-0.2, -0.15) is 0 Å². The molecule has 0 amide bonds. The molecule has 1 atom stereocenters. The van der Waals surface area contributed by atoms with Crippen molar-refractivity contribution in [3.63, 3.8) is 0 Å². The number of methoxy groups -OCH3 is 1. The van der Waals surface area contributed by atoms with Crippen LogP contribution in [0.5, 0.6) is 5.75 Å². The smallest absolute Gasteiger partial charge is 0.175 e. The zero-order valence-electron chi connectivity index (χ0n) is 9.13. The molecule has 1 unspecified atom stereocenters. The number of Topliss-reactive ketones (excluding diaryl/α,β-unsaturated/α-hetero) is 1. The lowest BCUT2D eigenvalue weighted by Gasteiger charge is -2.10. The van der Waals surface area contributed by atoms with Crippen LogP contribution in [0.25, 0.3) is 0 Å². The highest BCUT2D eigenvalue weighted by Gasteiger charge is 2.26. The number of ketones is 1. The summed E-state index contributed by atoms with van der Waals surface area (Å²) in [7, 11) is 1.39. The molecule has 86 valence electrons. The van der Waals surface area contributed by atoms with Crippen molar-refractivity contribution in [2.45, 2.75) is 6.42 Å². The Labute approximate surface area is 93.6 Å². The van der Waals surface area contributed by atoms with Gasteiger partial charge in [0, 0.05) is 12.5 Å². The van der Waals surface area contributed by atoms with Crippen LogP contribution in [0.2, 0.25) is 0 Å². The minimum absolute atomic E-state index is 0.110. The van der Waals surface area contributed by atoms with Gasteiger partial charge in [-0.25, -0.2) is 4.39 Å². The Kier molecular flexibility index (Phi) is 3.19. The van der Waals surface area contributed by atoms with Crippen LogP contribution in [-0.2, 0) is 0 Å². The molecule has 0 spiro atoms. The molecular weight excluding hydrogens is 209 g/mol. The molecule has 4 heteroatoms. The second kappa shape index (κ2) is 4.61. The first-order valence-corrected chi connectivity index (χ1v) is 5.31. The highest BCUT2D eigenvalue weighted by molar-refractivity contribution is 5.98. The normalized spacial score (nSPS) is 19.8. The van der Waals surface area contributed by atoms with E-state index in [1.807, 2.05) is 0 Å². The van der Waals surface area contributed by atoms with Crippen molar-refractivity contribution in [2.24, 2.45) is 5.92 Å². The van der Waals surface area contributed by atoms with Gasteiger partial charge in [0.25, 0.3) is 0 Å². The van der Waals surface area contributed by atoms with E-state index in [0.29, 0.717) is 6.54 Å². The molecule has 0 aliphatic carbocycles. The second-order valence-corrected chi connectivity index (χ2v) is 3.88. The molecule has 1 heterocycles. The summed E-state index contributed by atoms with van der Waals surface area (Å²) in [5.41, 5.74) is 0.132. The average molecular weight is 223 g/mol. The number of carbonyl (C=O) groups is 1. The van der Waals surface area contributed by atoms with Gasteiger partial charge in [0.1, 0.15) is 0 Å². The number of ether oxygens (including phenoxy) is 1. The van der Waals surface area contributed by atoms with Crippen LogP contribution in [0, 0.1) is 11.7 Å². The number of benzene rings is 1. The zero-order valence-corrected chi connectivity index (χ0v) is 9.13. The largest absolute Gasteiger partial charge is 0.494 e. The molecule has 0 bridgehead atoms. The second-order valence-electron chi connectivity index (χ2n) is 3.88. The van der Waals surface area contributed by atoms with Gasteiger partial charge in [-0.05, 0) is 25.1 Å². The van der Waals surface area contributed by atoms with E-state index in [9.17, 15) is 9.18 Å². The number of carbonyl (C=O) groups excluding carboxylic acids is 1. The molecule has 1 saturated heterocycles. The van der Waals surface area contributed by atoms with Crippen LogP contribution < -0.4 is 10.1 Å². The summed E-state index contributed by atoms with van der Waals surface area (Å²) in [4.78, 5) is 12.0. The molecule has 1 aliphatic rings. The summed E-state index contributed by atoms with van der Waals surface area (Å²) in [6, 6.07) is 4.66. The molecule has 1 N–H and O–H groups in total. The zero-order chi connectivity index (χ0) is 11.5. The Morgan fingerprint density at radius 2 is 2.38 bits per heavy atom. The van der Waals surface area contributed by atoms with Gasteiger partial charge in [0.05, 0.1) is 12.7 Å². The third-order valence-electron chi connectivity index (χ3n) is 2.88. The number of hydrogen-bond acceptors (Lipinski definition) is 3. The summed E-state index contributed by atoms with van der Waals surface area (Å²) in [5, 5.41) is 3.10. The van der Waals surface area contributed by atoms with Crippen LogP contribution in [0.3, 0.4) is 0 Å². The molecule has 2 rings (SSSR count). The lowest BCUT2D eigenvalue weighted by molar-refractivity contribution is 0.0925. The maximum atomic E-state index is 13.8. The Bertz CT molecular complexity index is 400. The Morgan fingerprint density at radius 3 is 3.00 bits per heavy atom. The van der Waals surface area contributed by atoms with E-state index in [2.05, 4.69) is 5.32 Å². The van der Waals surface area contributed by atoms with Crippen molar-refractivity contribution in [3.05, 3.63) is 29.6 Å². The molecule has 16 heavy (non-hydrogen) atoms. The van der Waals surface area contributed by atoms with Crippen molar-refractivity contribution in [2.75, 3.05) is 20.2 Å².